The van der Waals surface area contributed by atoms with Crippen LogP contribution in [0.25, 0.3) is 0 Å². The summed E-state index contributed by atoms with van der Waals surface area (Å²) >= 11 is 4.92. The zero-order valence-corrected chi connectivity index (χ0v) is 11.0. The van der Waals surface area contributed by atoms with E-state index < -0.39 is 0 Å². The highest BCUT2D eigenvalue weighted by Crippen LogP contribution is 2.14. The SMILES string of the molecule is NC(=S)c1cccc(NC(=O)N2CCCCC2)c1. The van der Waals surface area contributed by atoms with Crippen molar-refractivity contribution >= 4 is 28.9 Å². The standard InChI is InChI=1S/C13H17N3OS/c14-12(18)10-5-4-6-11(9-10)15-13(17)16-7-2-1-3-8-16/h4-6,9H,1-3,7-8H2,(H2,14,18)(H,15,17). The first kappa shape index (κ1) is 12.8. The molecule has 5 heteroatoms. The number of hydrogen-bond donors (Lipinski definition) is 2. The van der Waals surface area contributed by atoms with Crippen molar-refractivity contribution in [2.75, 3.05) is 18.4 Å². The minimum absolute atomic E-state index is 0.0465. The highest BCUT2D eigenvalue weighted by atomic mass is 32.1. The van der Waals surface area contributed by atoms with E-state index in [0.717, 1.165) is 37.2 Å². The summed E-state index contributed by atoms with van der Waals surface area (Å²) in [6.45, 7) is 1.67. The third-order valence-electron chi connectivity index (χ3n) is 3.04. The van der Waals surface area contributed by atoms with Crippen molar-refractivity contribution in [3.63, 3.8) is 0 Å². The first-order chi connectivity index (χ1) is 8.66. The van der Waals surface area contributed by atoms with Crippen molar-refractivity contribution in [2.24, 2.45) is 5.73 Å². The first-order valence-corrected chi connectivity index (χ1v) is 6.53. The molecule has 3 N–H and O–H groups in total. The zero-order valence-electron chi connectivity index (χ0n) is 10.2. The van der Waals surface area contributed by atoms with Gasteiger partial charge in [-0.3, -0.25) is 0 Å². The molecule has 1 aromatic rings. The molecule has 0 spiro atoms. The van der Waals surface area contributed by atoms with Crippen LogP contribution in [0, 0.1) is 0 Å². The summed E-state index contributed by atoms with van der Waals surface area (Å²) in [5, 5.41) is 2.88. The number of nitrogens with zero attached hydrogens (tertiary/aromatic N) is 1. The van der Waals surface area contributed by atoms with E-state index in [1.807, 2.05) is 23.1 Å². The number of thiocarbonyl (C=S) groups is 1. The Morgan fingerprint density at radius 2 is 2.00 bits per heavy atom. The van der Waals surface area contributed by atoms with Crippen LogP contribution in [-0.4, -0.2) is 29.0 Å². The maximum atomic E-state index is 12.0. The van der Waals surface area contributed by atoms with Gasteiger partial charge in [-0.05, 0) is 31.4 Å². The summed E-state index contributed by atoms with van der Waals surface area (Å²) in [5.74, 6) is 0. The second-order valence-electron chi connectivity index (χ2n) is 4.42. The molecule has 0 aromatic heterocycles. The van der Waals surface area contributed by atoms with Gasteiger partial charge in [-0.25, -0.2) is 4.79 Å². The van der Waals surface area contributed by atoms with Gasteiger partial charge in [-0.2, -0.15) is 0 Å². The lowest BCUT2D eigenvalue weighted by Gasteiger charge is -2.26. The van der Waals surface area contributed by atoms with Crippen molar-refractivity contribution in [3.8, 4) is 0 Å². The van der Waals surface area contributed by atoms with E-state index in [2.05, 4.69) is 5.32 Å². The molecule has 1 aliphatic rings. The van der Waals surface area contributed by atoms with Gasteiger partial charge >= 0.3 is 6.03 Å². The third-order valence-corrected chi connectivity index (χ3v) is 3.28. The molecule has 1 fully saturated rings. The van der Waals surface area contributed by atoms with Crippen molar-refractivity contribution < 1.29 is 4.79 Å². The molecular weight excluding hydrogens is 246 g/mol. The van der Waals surface area contributed by atoms with E-state index in [9.17, 15) is 4.79 Å². The van der Waals surface area contributed by atoms with Crippen LogP contribution < -0.4 is 11.1 Å². The number of nitrogens with one attached hydrogen (secondary N) is 1. The number of carbonyl (C=O) groups is 1. The van der Waals surface area contributed by atoms with E-state index >= 15 is 0 Å². The van der Waals surface area contributed by atoms with Gasteiger partial charge in [0.25, 0.3) is 0 Å². The molecule has 4 nitrogen and oxygen atoms in total. The number of likely N-dealkylation sites (tertiary alicyclic amines) is 1. The van der Waals surface area contributed by atoms with E-state index in [0.29, 0.717) is 4.99 Å². The van der Waals surface area contributed by atoms with Crippen molar-refractivity contribution in [2.45, 2.75) is 19.3 Å². The molecule has 0 radical (unpaired) electrons. The Bertz CT molecular complexity index is 455. The molecule has 96 valence electrons. The Hall–Kier alpha value is -1.62. The third kappa shape index (κ3) is 3.20. The fraction of sp³-hybridized carbons (Fsp3) is 0.385. The predicted molar refractivity (Wildman–Crippen MR) is 76.8 cm³/mol. The number of anilines is 1. The number of benzene rings is 1. The summed E-state index contributed by atoms with van der Waals surface area (Å²) in [6.07, 6.45) is 3.38. The molecule has 1 aliphatic heterocycles. The summed E-state index contributed by atoms with van der Waals surface area (Å²) in [4.78, 5) is 14.2. The van der Waals surface area contributed by atoms with E-state index in [4.69, 9.17) is 18.0 Å². The van der Waals surface area contributed by atoms with Crippen LogP contribution in [0.1, 0.15) is 24.8 Å². The number of nitrogens with two attached hydrogens (primary N) is 1. The van der Waals surface area contributed by atoms with E-state index in [-0.39, 0.29) is 6.03 Å². The average Bonchev–Trinajstić information content (AvgIpc) is 2.40. The smallest absolute Gasteiger partial charge is 0.321 e. The summed E-state index contributed by atoms with van der Waals surface area (Å²) in [7, 11) is 0. The van der Waals surface area contributed by atoms with E-state index in [1.54, 1.807) is 6.07 Å². The summed E-state index contributed by atoms with van der Waals surface area (Å²) < 4.78 is 0. The van der Waals surface area contributed by atoms with Gasteiger partial charge in [0.2, 0.25) is 0 Å². The number of carbonyl (C=O) groups excluding carboxylic acids is 1. The van der Waals surface area contributed by atoms with Crippen LogP contribution in [-0.2, 0) is 0 Å². The highest BCUT2D eigenvalue weighted by molar-refractivity contribution is 7.80. The number of piperidine rings is 1. The quantitative estimate of drug-likeness (QED) is 0.805. The van der Waals surface area contributed by atoms with Gasteiger partial charge in [-0.15, -0.1) is 0 Å². The van der Waals surface area contributed by atoms with Crippen LogP contribution >= 0.6 is 12.2 Å². The van der Waals surface area contributed by atoms with Gasteiger partial charge in [0.1, 0.15) is 4.99 Å². The molecule has 2 amide bonds. The highest BCUT2D eigenvalue weighted by Gasteiger charge is 2.16. The Kier molecular flexibility index (Phi) is 4.15. The second kappa shape index (κ2) is 5.82. The molecule has 0 aliphatic carbocycles. The largest absolute Gasteiger partial charge is 0.389 e. The van der Waals surface area contributed by atoms with Gasteiger partial charge in [0.15, 0.2) is 0 Å². The van der Waals surface area contributed by atoms with Crippen molar-refractivity contribution in [1.82, 2.24) is 4.90 Å². The fourth-order valence-corrected chi connectivity index (χ4v) is 2.18. The molecule has 1 aromatic carbocycles. The fourth-order valence-electron chi connectivity index (χ4n) is 2.05. The Labute approximate surface area is 112 Å². The molecule has 0 unspecified atom stereocenters. The van der Waals surface area contributed by atoms with Gasteiger partial charge < -0.3 is 16.0 Å². The molecular formula is C13H17N3OS. The number of urea groups is 1. The Morgan fingerprint density at radius 1 is 1.28 bits per heavy atom. The van der Waals surface area contributed by atoms with E-state index in [1.165, 1.54) is 6.42 Å². The molecule has 18 heavy (non-hydrogen) atoms. The average molecular weight is 263 g/mol. The van der Waals surface area contributed by atoms with Crippen LogP contribution in [0.15, 0.2) is 24.3 Å². The molecule has 1 heterocycles. The van der Waals surface area contributed by atoms with Gasteiger partial charge in [0, 0.05) is 24.3 Å². The molecule has 0 atom stereocenters. The number of rotatable bonds is 2. The first-order valence-electron chi connectivity index (χ1n) is 6.12. The predicted octanol–water partition coefficient (Wildman–Crippen LogP) is 2.34. The van der Waals surface area contributed by atoms with Crippen LogP contribution in [0.3, 0.4) is 0 Å². The van der Waals surface area contributed by atoms with Crippen molar-refractivity contribution in [1.29, 1.82) is 0 Å². The van der Waals surface area contributed by atoms with Crippen LogP contribution in [0.5, 0.6) is 0 Å². The van der Waals surface area contributed by atoms with Crippen molar-refractivity contribution in [3.05, 3.63) is 29.8 Å². The maximum absolute atomic E-state index is 12.0. The topological polar surface area (TPSA) is 58.4 Å². The van der Waals surface area contributed by atoms with Crippen LogP contribution in [0.4, 0.5) is 10.5 Å². The Balaban J connectivity index is 2.02. The lowest BCUT2D eigenvalue weighted by molar-refractivity contribution is 0.200. The Morgan fingerprint density at radius 3 is 2.67 bits per heavy atom. The monoisotopic (exact) mass is 263 g/mol. The maximum Gasteiger partial charge on any atom is 0.321 e. The lowest BCUT2D eigenvalue weighted by Crippen LogP contribution is -2.38. The molecule has 1 saturated heterocycles. The van der Waals surface area contributed by atoms with Crippen LogP contribution in [0.2, 0.25) is 0 Å². The molecule has 0 bridgehead atoms. The minimum atomic E-state index is -0.0465. The lowest BCUT2D eigenvalue weighted by atomic mass is 10.1. The normalized spacial score (nSPS) is 15.2. The summed E-state index contributed by atoms with van der Waals surface area (Å²) in [6, 6.07) is 7.25. The number of hydrogen-bond acceptors (Lipinski definition) is 2. The van der Waals surface area contributed by atoms with Gasteiger partial charge in [-0.1, -0.05) is 24.4 Å². The minimum Gasteiger partial charge on any atom is -0.389 e. The summed E-state index contributed by atoms with van der Waals surface area (Å²) in [5.41, 5.74) is 7.06. The van der Waals surface area contributed by atoms with Gasteiger partial charge in [0.05, 0.1) is 0 Å². The zero-order chi connectivity index (χ0) is 13.0. The molecule has 0 saturated carbocycles. The molecule has 2 rings (SSSR count). The number of amides is 2. The second-order valence-corrected chi connectivity index (χ2v) is 4.86.